The Bertz CT molecular complexity index is 970. The summed E-state index contributed by atoms with van der Waals surface area (Å²) in [5, 5.41) is 22.8. The fraction of sp³-hybridized carbons (Fsp3) is 0.400. The zero-order chi connectivity index (χ0) is 21.9. The lowest BCUT2D eigenvalue weighted by molar-refractivity contribution is -0.817. The summed E-state index contributed by atoms with van der Waals surface area (Å²) in [6.07, 6.45) is 4.03. The van der Waals surface area contributed by atoms with Crippen molar-refractivity contribution in [2.24, 2.45) is 5.41 Å². The van der Waals surface area contributed by atoms with Crippen LogP contribution in [0.3, 0.4) is 0 Å². The maximum atomic E-state index is 13.1. The third-order valence-electron chi connectivity index (χ3n) is 5.11. The molecule has 3 heterocycles. The van der Waals surface area contributed by atoms with Crippen LogP contribution in [0.15, 0.2) is 36.3 Å². The lowest BCUT2D eigenvalue weighted by Gasteiger charge is -2.24. The minimum Gasteiger partial charge on any atom is -0.628 e. The highest BCUT2D eigenvalue weighted by molar-refractivity contribution is 7.14. The van der Waals surface area contributed by atoms with Gasteiger partial charge in [0, 0.05) is 19.7 Å². The van der Waals surface area contributed by atoms with Crippen molar-refractivity contribution in [1.29, 1.82) is 0 Å². The number of pyridine rings is 1. The summed E-state index contributed by atoms with van der Waals surface area (Å²) in [6.45, 7) is 5.02. The first-order valence-electron chi connectivity index (χ1n) is 9.82. The smallest absolute Gasteiger partial charge is 0.339 e. The van der Waals surface area contributed by atoms with E-state index in [9.17, 15) is 10.0 Å². The van der Waals surface area contributed by atoms with Gasteiger partial charge in [-0.2, -0.15) is 4.90 Å². The second-order valence-electron chi connectivity index (χ2n) is 7.82. The summed E-state index contributed by atoms with van der Waals surface area (Å²) in [7, 11) is 1.69. The number of likely N-dealkylation sites (tertiary alicyclic amines) is 1. The number of nitrogens with two attached hydrogens (primary N) is 1. The van der Waals surface area contributed by atoms with Crippen LogP contribution in [0, 0.1) is 10.6 Å². The van der Waals surface area contributed by atoms with Gasteiger partial charge in [-0.25, -0.2) is 14.8 Å². The topological polar surface area (TPSA) is 139 Å². The van der Waals surface area contributed by atoms with Gasteiger partial charge < -0.3 is 21.3 Å². The Morgan fingerprint density at radius 2 is 2.27 bits per heavy atom. The van der Waals surface area contributed by atoms with E-state index in [1.165, 1.54) is 16.2 Å². The number of hydroxylamine groups is 2. The van der Waals surface area contributed by atoms with Gasteiger partial charge in [0.2, 0.25) is 5.70 Å². The molecule has 7 N–H and O–H groups in total. The first-order chi connectivity index (χ1) is 14.3. The molecule has 1 aliphatic rings. The standard InChI is InChI=1S/C20H27N7O2S/c1-20(2)7-8-26(19(20)28)17(22)16(11-23-3)27(29)12-13-5-4-6-15(25-13)18-24-10-14(9-21)30-18/h4-6,10-11,22-23,27H,7-9,12,21H2,1-3H3/p+2. The Balaban J connectivity index is 1.78. The molecule has 2 aromatic rings. The molecule has 1 unspecified atom stereocenters. The number of nitrogens with zero attached hydrogens (tertiary/aromatic N) is 3. The molecule has 0 aromatic carbocycles. The van der Waals surface area contributed by atoms with E-state index < -0.39 is 5.41 Å². The summed E-state index contributed by atoms with van der Waals surface area (Å²) in [5.41, 5.74) is 5.01. The molecule has 1 fully saturated rings. The molecule has 1 aliphatic heterocycles. The van der Waals surface area contributed by atoms with Crippen LogP contribution >= 0.6 is 11.3 Å². The van der Waals surface area contributed by atoms with Crippen LogP contribution in [-0.4, -0.2) is 40.2 Å². The molecule has 1 atom stereocenters. The van der Waals surface area contributed by atoms with E-state index >= 15 is 0 Å². The lowest BCUT2D eigenvalue weighted by atomic mass is 9.92. The summed E-state index contributed by atoms with van der Waals surface area (Å²) in [4.78, 5) is 24.2. The number of aromatic nitrogens is 2. The number of rotatable bonds is 7. The minimum absolute atomic E-state index is 0.0695. The van der Waals surface area contributed by atoms with Gasteiger partial charge >= 0.3 is 11.7 Å². The Morgan fingerprint density at radius 3 is 2.87 bits per heavy atom. The van der Waals surface area contributed by atoms with E-state index in [4.69, 9.17) is 5.41 Å². The second-order valence-corrected chi connectivity index (χ2v) is 8.93. The SMILES string of the molecule is CNC=C(C(=[NH2+])N1CCC(C)(C)C1=O)[NH+]([O-])Cc1cccc(-c2ncc(C[NH3+])s2)n1. The number of carbonyl (C=O) groups is 1. The number of thiazole rings is 1. The van der Waals surface area contributed by atoms with Gasteiger partial charge in [0.1, 0.15) is 18.1 Å². The molecule has 1 saturated heterocycles. The first-order valence-corrected chi connectivity index (χ1v) is 10.6. The Hall–Kier alpha value is -2.66. The normalized spacial score (nSPS) is 17.3. The van der Waals surface area contributed by atoms with E-state index in [0.717, 1.165) is 15.6 Å². The predicted molar refractivity (Wildman–Crippen MR) is 114 cm³/mol. The van der Waals surface area contributed by atoms with Crippen LogP contribution in [0.4, 0.5) is 0 Å². The molecule has 1 amide bonds. The van der Waals surface area contributed by atoms with Crippen LogP contribution in [0.2, 0.25) is 0 Å². The molecule has 0 bridgehead atoms. The monoisotopic (exact) mass is 431 g/mol. The zero-order valence-electron chi connectivity index (χ0n) is 17.6. The van der Waals surface area contributed by atoms with Crippen molar-refractivity contribution in [1.82, 2.24) is 20.2 Å². The molecule has 0 radical (unpaired) electrons. The van der Waals surface area contributed by atoms with Crippen molar-refractivity contribution in [2.45, 2.75) is 33.4 Å². The molecule has 160 valence electrons. The molecular formula is C20H29N7O2S+2. The molecule has 0 saturated carbocycles. The molecule has 30 heavy (non-hydrogen) atoms. The van der Waals surface area contributed by atoms with Gasteiger partial charge in [-0.15, -0.1) is 11.3 Å². The molecular weight excluding hydrogens is 402 g/mol. The average molecular weight is 432 g/mol. The second kappa shape index (κ2) is 9.00. The Morgan fingerprint density at radius 1 is 1.50 bits per heavy atom. The maximum Gasteiger partial charge on any atom is 0.339 e. The summed E-state index contributed by atoms with van der Waals surface area (Å²) < 4.78 is 0. The number of hydrogen-bond donors (Lipinski definition) is 4. The quantitative estimate of drug-likeness (QED) is 0.235. The highest BCUT2D eigenvalue weighted by atomic mass is 32.1. The van der Waals surface area contributed by atoms with Crippen molar-refractivity contribution in [3.63, 3.8) is 0 Å². The van der Waals surface area contributed by atoms with Gasteiger partial charge in [0.15, 0.2) is 0 Å². The fourth-order valence-electron chi connectivity index (χ4n) is 3.28. The van der Waals surface area contributed by atoms with Crippen LogP contribution in [0.1, 0.15) is 30.8 Å². The fourth-order valence-corrected chi connectivity index (χ4v) is 4.06. The molecule has 0 aliphatic carbocycles. The van der Waals surface area contributed by atoms with Gasteiger partial charge in [-0.3, -0.25) is 5.41 Å². The number of quaternary nitrogens is 2. The first kappa shape index (κ1) is 22.0. The van der Waals surface area contributed by atoms with Gasteiger partial charge in [0.05, 0.1) is 34.4 Å². The highest BCUT2D eigenvalue weighted by Gasteiger charge is 2.48. The van der Waals surface area contributed by atoms with Gasteiger partial charge in [0.25, 0.3) is 0 Å². The molecule has 3 rings (SSSR count). The molecule has 10 heteroatoms. The van der Waals surface area contributed by atoms with Crippen LogP contribution < -0.4 is 21.5 Å². The van der Waals surface area contributed by atoms with E-state index in [1.807, 2.05) is 26.0 Å². The van der Waals surface area contributed by atoms with Crippen LogP contribution in [-0.2, 0) is 17.9 Å². The number of nitrogens with one attached hydrogen (secondary N) is 2. The number of hydrogen-bond acceptors (Lipinski definition) is 6. The van der Waals surface area contributed by atoms with Gasteiger partial charge in [-0.1, -0.05) is 6.07 Å². The Labute approximate surface area is 179 Å². The number of amides is 1. The molecule has 0 spiro atoms. The maximum absolute atomic E-state index is 13.1. The van der Waals surface area contributed by atoms with Crippen molar-refractivity contribution >= 4 is 23.1 Å². The average Bonchev–Trinajstić information content (AvgIpc) is 3.30. The number of amidine groups is 1. The molecule has 2 aromatic heterocycles. The van der Waals surface area contributed by atoms with E-state index in [2.05, 4.69) is 21.0 Å². The van der Waals surface area contributed by atoms with E-state index in [-0.39, 0.29) is 29.0 Å². The highest BCUT2D eigenvalue weighted by Crippen LogP contribution is 2.30. The predicted octanol–water partition coefficient (Wildman–Crippen LogP) is -1.69. The van der Waals surface area contributed by atoms with Crippen LogP contribution in [0.5, 0.6) is 0 Å². The van der Waals surface area contributed by atoms with E-state index in [0.29, 0.717) is 25.2 Å². The van der Waals surface area contributed by atoms with Crippen LogP contribution in [0.25, 0.3) is 10.7 Å². The minimum atomic E-state index is -0.477. The molecule has 9 nitrogen and oxygen atoms in total. The van der Waals surface area contributed by atoms with Crippen molar-refractivity contribution in [3.8, 4) is 10.7 Å². The third kappa shape index (κ3) is 4.57. The largest absolute Gasteiger partial charge is 0.628 e. The Kier molecular flexibility index (Phi) is 6.61. The zero-order valence-corrected chi connectivity index (χ0v) is 18.4. The van der Waals surface area contributed by atoms with Crippen molar-refractivity contribution < 1.29 is 21.0 Å². The number of carbonyl (C=O) groups excluding carboxylic acids is 1. The van der Waals surface area contributed by atoms with Crippen molar-refractivity contribution in [2.75, 3.05) is 13.6 Å². The lowest BCUT2D eigenvalue weighted by Crippen LogP contribution is -3.06. The summed E-state index contributed by atoms with van der Waals surface area (Å²) >= 11 is 1.54. The van der Waals surface area contributed by atoms with E-state index in [1.54, 1.807) is 25.5 Å². The summed E-state index contributed by atoms with van der Waals surface area (Å²) in [5.74, 6) is 0.112. The van der Waals surface area contributed by atoms with Gasteiger partial charge in [-0.05, 0) is 26.0 Å². The summed E-state index contributed by atoms with van der Waals surface area (Å²) in [6, 6.07) is 5.53. The van der Waals surface area contributed by atoms with Crippen molar-refractivity contribution in [3.05, 3.63) is 52.1 Å². The third-order valence-corrected chi connectivity index (χ3v) is 6.19.